The third-order valence-corrected chi connectivity index (χ3v) is 7.60. The predicted molar refractivity (Wildman–Crippen MR) is 143 cm³/mol. The summed E-state index contributed by atoms with van der Waals surface area (Å²) in [5.74, 6) is 1.38. The number of hydrogen-bond acceptors (Lipinski definition) is 8. The van der Waals surface area contributed by atoms with Crippen LogP contribution in [-0.2, 0) is 17.8 Å². The normalized spacial score (nSPS) is 19.7. The van der Waals surface area contributed by atoms with E-state index in [1.54, 1.807) is 7.11 Å². The van der Waals surface area contributed by atoms with Crippen LogP contribution in [0.25, 0.3) is 10.9 Å². The smallest absolute Gasteiger partial charge is 0.253 e. The molecular formula is C28H33N7O3. The lowest BCUT2D eigenvalue weighted by Crippen LogP contribution is -2.48. The zero-order valence-corrected chi connectivity index (χ0v) is 21.6. The molecule has 6 rings (SSSR count). The van der Waals surface area contributed by atoms with E-state index in [0.29, 0.717) is 23.7 Å². The first-order valence-electron chi connectivity index (χ1n) is 13.3. The highest BCUT2D eigenvalue weighted by Crippen LogP contribution is 2.29. The molecule has 38 heavy (non-hydrogen) atoms. The molecule has 4 heterocycles. The molecule has 0 saturated carbocycles. The number of benzene rings is 2. The first-order valence-corrected chi connectivity index (χ1v) is 13.3. The Morgan fingerprint density at radius 1 is 1.11 bits per heavy atom. The molecule has 2 aromatic heterocycles. The Morgan fingerprint density at radius 3 is 2.71 bits per heavy atom. The minimum Gasteiger partial charge on any atom is -0.497 e. The zero-order valence-electron chi connectivity index (χ0n) is 21.6. The highest BCUT2D eigenvalue weighted by molar-refractivity contribution is 5.80. The van der Waals surface area contributed by atoms with E-state index in [0.717, 1.165) is 63.1 Å². The molecule has 0 aliphatic carbocycles. The van der Waals surface area contributed by atoms with Gasteiger partial charge in [-0.15, -0.1) is 5.10 Å². The van der Waals surface area contributed by atoms with Gasteiger partial charge >= 0.3 is 0 Å². The summed E-state index contributed by atoms with van der Waals surface area (Å²) in [5, 5.41) is 13.7. The van der Waals surface area contributed by atoms with Crippen LogP contribution in [0.1, 0.15) is 35.8 Å². The van der Waals surface area contributed by atoms with Crippen LogP contribution in [0.3, 0.4) is 0 Å². The number of H-pyrrole nitrogens is 1. The lowest BCUT2D eigenvalue weighted by Gasteiger charge is -2.38. The summed E-state index contributed by atoms with van der Waals surface area (Å²) in [6, 6.07) is 17.9. The molecule has 4 aromatic rings. The van der Waals surface area contributed by atoms with Gasteiger partial charge in [0.2, 0.25) is 0 Å². The van der Waals surface area contributed by atoms with Gasteiger partial charge in [0.1, 0.15) is 11.8 Å². The minimum atomic E-state index is -0.375. The number of aromatic nitrogens is 5. The predicted octanol–water partition coefficient (Wildman–Crippen LogP) is 2.61. The van der Waals surface area contributed by atoms with Crippen molar-refractivity contribution in [1.29, 1.82) is 0 Å². The van der Waals surface area contributed by atoms with Gasteiger partial charge < -0.3 is 14.5 Å². The van der Waals surface area contributed by atoms with Gasteiger partial charge in [-0.05, 0) is 52.4 Å². The fourth-order valence-electron chi connectivity index (χ4n) is 5.57. The van der Waals surface area contributed by atoms with Gasteiger partial charge in [0.05, 0.1) is 25.3 Å². The molecule has 0 unspecified atom stereocenters. The average Bonchev–Trinajstić information content (AvgIpc) is 3.63. The van der Waals surface area contributed by atoms with E-state index in [1.807, 2.05) is 35.0 Å². The van der Waals surface area contributed by atoms with Crippen molar-refractivity contribution in [3.8, 4) is 5.75 Å². The van der Waals surface area contributed by atoms with Crippen LogP contribution in [0.2, 0.25) is 0 Å². The second-order valence-electron chi connectivity index (χ2n) is 10.1. The van der Waals surface area contributed by atoms with Gasteiger partial charge in [-0.2, -0.15) is 0 Å². The number of rotatable bonds is 8. The van der Waals surface area contributed by atoms with Crippen molar-refractivity contribution in [2.45, 2.75) is 38.1 Å². The summed E-state index contributed by atoms with van der Waals surface area (Å²) in [5.41, 5.74) is 2.54. The fraction of sp³-hybridized carbons (Fsp3) is 0.429. The molecule has 2 saturated heterocycles. The van der Waals surface area contributed by atoms with Crippen LogP contribution >= 0.6 is 0 Å². The van der Waals surface area contributed by atoms with E-state index in [1.165, 1.54) is 5.56 Å². The van der Waals surface area contributed by atoms with Crippen LogP contribution < -0.4 is 10.3 Å². The number of tetrazole rings is 1. The molecule has 0 spiro atoms. The van der Waals surface area contributed by atoms with Crippen molar-refractivity contribution in [1.82, 2.24) is 35.0 Å². The standard InChI is InChI=1S/C28H33N7O3/c1-37-22-10-9-21-16-24(28(36)29-25(21)17-22)26(27-30-31-32-35(27)19-23-8-5-15-38-23)34-13-11-33(12-14-34)18-20-6-3-2-4-7-20/h2-4,6-7,9-10,16-17,23,26H,5,8,11-15,18-19H2,1H3,(H,29,36)/t23-,26-/m1/s1. The quantitative estimate of drug-likeness (QED) is 0.382. The highest BCUT2D eigenvalue weighted by Gasteiger charge is 2.33. The average molecular weight is 516 g/mol. The summed E-state index contributed by atoms with van der Waals surface area (Å²) in [6.45, 7) is 5.63. The molecule has 0 amide bonds. The first kappa shape index (κ1) is 24.7. The fourth-order valence-corrected chi connectivity index (χ4v) is 5.57. The second-order valence-corrected chi connectivity index (χ2v) is 10.1. The Morgan fingerprint density at radius 2 is 1.95 bits per heavy atom. The zero-order chi connectivity index (χ0) is 25.9. The molecule has 0 bridgehead atoms. The van der Waals surface area contributed by atoms with Crippen molar-refractivity contribution in [2.24, 2.45) is 0 Å². The molecule has 2 aromatic carbocycles. The molecule has 1 N–H and O–H groups in total. The number of pyridine rings is 1. The first-order chi connectivity index (χ1) is 18.7. The van der Waals surface area contributed by atoms with Crippen molar-refractivity contribution in [3.63, 3.8) is 0 Å². The number of fused-ring (bicyclic) bond motifs is 1. The Hall–Kier alpha value is -3.60. The van der Waals surface area contributed by atoms with Gasteiger partial charge in [0, 0.05) is 51.0 Å². The van der Waals surface area contributed by atoms with Crippen molar-refractivity contribution < 1.29 is 9.47 Å². The van der Waals surface area contributed by atoms with Gasteiger partial charge in [-0.25, -0.2) is 4.68 Å². The third kappa shape index (κ3) is 5.20. The molecule has 10 nitrogen and oxygen atoms in total. The maximum atomic E-state index is 13.5. The van der Waals surface area contributed by atoms with Crippen LogP contribution in [0.5, 0.6) is 5.75 Å². The Bertz CT molecular complexity index is 1420. The van der Waals surface area contributed by atoms with Gasteiger partial charge in [-0.3, -0.25) is 14.6 Å². The van der Waals surface area contributed by atoms with E-state index in [4.69, 9.17) is 9.47 Å². The molecular weight excluding hydrogens is 482 g/mol. The van der Waals surface area contributed by atoms with Gasteiger partial charge in [0.15, 0.2) is 5.82 Å². The number of piperazine rings is 1. The lowest BCUT2D eigenvalue weighted by atomic mass is 10.0. The van der Waals surface area contributed by atoms with E-state index in [-0.39, 0.29) is 17.7 Å². The third-order valence-electron chi connectivity index (χ3n) is 7.60. The lowest BCUT2D eigenvalue weighted by molar-refractivity contribution is 0.0840. The highest BCUT2D eigenvalue weighted by atomic mass is 16.5. The summed E-state index contributed by atoms with van der Waals surface area (Å²) in [7, 11) is 1.62. The molecule has 2 atom stereocenters. The maximum absolute atomic E-state index is 13.5. The number of methoxy groups -OCH3 is 1. The summed E-state index contributed by atoms with van der Waals surface area (Å²) >= 11 is 0. The maximum Gasteiger partial charge on any atom is 0.253 e. The molecule has 198 valence electrons. The van der Waals surface area contributed by atoms with E-state index < -0.39 is 0 Å². The summed E-state index contributed by atoms with van der Waals surface area (Å²) in [6.07, 6.45) is 2.12. The minimum absolute atomic E-state index is 0.0861. The number of ether oxygens (including phenoxy) is 2. The van der Waals surface area contributed by atoms with Crippen LogP contribution in [-0.4, -0.2) is 81.0 Å². The van der Waals surface area contributed by atoms with E-state index >= 15 is 0 Å². The van der Waals surface area contributed by atoms with Gasteiger partial charge in [0.25, 0.3) is 5.56 Å². The number of aromatic amines is 1. The largest absolute Gasteiger partial charge is 0.497 e. The van der Waals surface area contributed by atoms with E-state index in [2.05, 4.69) is 54.6 Å². The molecule has 2 fully saturated rings. The second kappa shape index (κ2) is 11.0. The Labute approximate surface area is 221 Å². The molecule has 2 aliphatic heterocycles. The summed E-state index contributed by atoms with van der Waals surface area (Å²) < 4.78 is 13.0. The van der Waals surface area contributed by atoms with E-state index in [9.17, 15) is 4.79 Å². The molecule has 0 radical (unpaired) electrons. The van der Waals surface area contributed by atoms with Crippen molar-refractivity contribution in [3.05, 3.63) is 81.9 Å². The Kier molecular flexibility index (Phi) is 7.17. The van der Waals surface area contributed by atoms with Crippen molar-refractivity contribution in [2.75, 3.05) is 39.9 Å². The van der Waals surface area contributed by atoms with Crippen molar-refractivity contribution >= 4 is 10.9 Å². The van der Waals surface area contributed by atoms with Gasteiger partial charge in [-0.1, -0.05) is 30.3 Å². The Balaban J connectivity index is 1.32. The number of hydrogen-bond donors (Lipinski definition) is 1. The molecule has 2 aliphatic rings. The van der Waals surface area contributed by atoms with Crippen LogP contribution in [0.15, 0.2) is 59.4 Å². The van der Waals surface area contributed by atoms with Crippen LogP contribution in [0.4, 0.5) is 0 Å². The number of nitrogens with one attached hydrogen (secondary N) is 1. The monoisotopic (exact) mass is 515 g/mol. The SMILES string of the molecule is COc1ccc2cc([C@H](c3nnnn3C[C@H]3CCCO3)N3CCN(Cc4ccccc4)CC3)c(=O)[nH]c2c1. The topological polar surface area (TPSA) is 101 Å². The van der Waals surface area contributed by atoms with Crippen LogP contribution in [0, 0.1) is 0 Å². The summed E-state index contributed by atoms with van der Waals surface area (Å²) in [4.78, 5) is 21.4. The number of nitrogens with zero attached hydrogens (tertiary/aromatic N) is 6. The molecule has 10 heteroatoms.